The molecule has 45 heavy (non-hydrogen) atoms. The number of sulfone groups is 1. The lowest BCUT2D eigenvalue weighted by Gasteiger charge is -2.54. The van der Waals surface area contributed by atoms with Gasteiger partial charge in [-0.15, -0.1) is 0 Å². The van der Waals surface area contributed by atoms with Crippen LogP contribution in [0.4, 0.5) is 0 Å². The lowest BCUT2D eigenvalue weighted by molar-refractivity contribution is -0.938. The molecule has 11 nitrogen and oxygen atoms in total. The van der Waals surface area contributed by atoms with Crippen LogP contribution in [0.15, 0.2) is 57.5 Å². The molecule has 3 unspecified atom stereocenters. The average Bonchev–Trinajstić information content (AvgIpc) is 3.38. The molecule has 2 bridgehead atoms. The number of aliphatic carboxylic acids is 1. The molecule has 4 atom stereocenters. The van der Waals surface area contributed by atoms with Crippen molar-refractivity contribution in [2.24, 2.45) is 23.0 Å². The fraction of sp³-hybridized carbons (Fsp3) is 0.485. The number of piperidine rings is 3. The van der Waals surface area contributed by atoms with Crippen molar-refractivity contribution < 1.29 is 42.2 Å². The number of hydrogen-bond acceptors (Lipinski definition) is 7. The Morgan fingerprint density at radius 2 is 1.80 bits per heavy atom. The fourth-order valence-electron chi connectivity index (χ4n) is 8.83. The zero-order valence-electron chi connectivity index (χ0n) is 25.4. The molecule has 6 heterocycles. The second-order valence-corrected chi connectivity index (χ2v) is 15.6. The number of primary amides is 1. The van der Waals surface area contributed by atoms with Crippen molar-refractivity contribution in [2.75, 3.05) is 32.8 Å². The molecule has 4 saturated heterocycles. The molecule has 2 aromatic rings. The van der Waals surface area contributed by atoms with Crippen LogP contribution in [0.5, 0.6) is 5.75 Å². The van der Waals surface area contributed by atoms with Gasteiger partial charge in [0.2, 0.25) is 15.7 Å². The molecular formula is C33H38N3O8S+. The third-order valence-corrected chi connectivity index (χ3v) is 13.2. The highest BCUT2D eigenvalue weighted by molar-refractivity contribution is 7.92. The van der Waals surface area contributed by atoms with Gasteiger partial charge >= 0.3 is 5.97 Å². The molecule has 0 saturated carbocycles. The van der Waals surface area contributed by atoms with Gasteiger partial charge in [-0.1, -0.05) is 31.2 Å². The standard InChI is InChI=1S/C33H37N3O8S/c1-18-22(29(32(40)41)35-28(18)26(19(2)37)31(35)39)17-44-23-7-4-8-24-27(23)21-6-3-5-20(30(21)45(24,42)43)15-33-9-12-36(13-10-33,14-11-33)16-25(34)38/h3-8,18-19,26,28,37H,9-17H2,1-2H3,(H2-,34,38,40,41)/p+1/t18-,19?,26?,28?,33?,36?/m0/s1. The third kappa shape index (κ3) is 4.36. The van der Waals surface area contributed by atoms with Crippen molar-refractivity contribution in [3.63, 3.8) is 0 Å². The number of benzene rings is 2. The number of aliphatic hydroxyl groups is 1. The van der Waals surface area contributed by atoms with Crippen molar-refractivity contribution in [2.45, 2.75) is 61.5 Å². The van der Waals surface area contributed by atoms with Gasteiger partial charge in [0.15, 0.2) is 6.54 Å². The van der Waals surface area contributed by atoms with E-state index in [1.54, 1.807) is 24.3 Å². The van der Waals surface area contributed by atoms with E-state index in [0.29, 0.717) is 40.3 Å². The van der Waals surface area contributed by atoms with Gasteiger partial charge in [-0.05, 0) is 36.5 Å². The van der Waals surface area contributed by atoms with E-state index in [9.17, 15) is 33.0 Å². The smallest absolute Gasteiger partial charge is 0.352 e. The molecule has 0 aromatic heterocycles. The van der Waals surface area contributed by atoms with E-state index >= 15 is 0 Å². The number of β-lactam (4-membered cyclic amide) rings is 1. The minimum Gasteiger partial charge on any atom is -0.488 e. The van der Waals surface area contributed by atoms with Gasteiger partial charge in [0.1, 0.15) is 18.1 Å². The minimum atomic E-state index is -3.85. The number of carbonyl (C=O) groups excluding carboxylic acids is 2. The van der Waals surface area contributed by atoms with Crippen LogP contribution >= 0.6 is 0 Å². The summed E-state index contributed by atoms with van der Waals surface area (Å²) in [7, 11) is -3.85. The van der Waals surface area contributed by atoms with Gasteiger partial charge < -0.3 is 30.1 Å². The van der Waals surface area contributed by atoms with Crippen LogP contribution < -0.4 is 10.5 Å². The van der Waals surface area contributed by atoms with Gasteiger partial charge in [0.05, 0.1) is 47.5 Å². The number of carboxylic acid groups (broad SMARTS) is 1. The van der Waals surface area contributed by atoms with Crippen LogP contribution in [0.1, 0.15) is 38.7 Å². The van der Waals surface area contributed by atoms with E-state index in [4.69, 9.17) is 10.5 Å². The van der Waals surface area contributed by atoms with E-state index in [0.717, 1.165) is 48.9 Å². The molecule has 6 aliphatic rings. The normalized spacial score (nSPS) is 31.2. The number of quaternary nitrogens is 1. The highest BCUT2D eigenvalue weighted by Gasteiger charge is 2.60. The summed E-state index contributed by atoms with van der Waals surface area (Å²) in [5, 5.41) is 20.2. The number of rotatable bonds is 9. The Morgan fingerprint density at radius 3 is 2.42 bits per heavy atom. The molecule has 4 fully saturated rings. The number of fused-ring (bicyclic) bond motifs is 7. The first kappa shape index (κ1) is 29.9. The molecule has 0 spiro atoms. The number of nitrogens with two attached hydrogens (primary N) is 1. The Labute approximate surface area is 261 Å². The van der Waals surface area contributed by atoms with Crippen LogP contribution in [-0.2, 0) is 30.6 Å². The molecular weight excluding hydrogens is 598 g/mol. The summed E-state index contributed by atoms with van der Waals surface area (Å²) in [6.07, 6.45) is 2.42. The number of carboxylic acids is 1. The molecule has 8 rings (SSSR count). The van der Waals surface area contributed by atoms with Crippen molar-refractivity contribution in [3.05, 3.63) is 53.2 Å². The van der Waals surface area contributed by atoms with E-state index in [1.165, 1.54) is 11.8 Å². The number of nitrogens with zero attached hydrogens (tertiary/aromatic N) is 2. The summed E-state index contributed by atoms with van der Waals surface area (Å²) >= 11 is 0. The van der Waals surface area contributed by atoms with Crippen molar-refractivity contribution in [1.82, 2.24) is 4.90 Å². The number of hydrogen-bond donors (Lipinski definition) is 3. The number of carbonyl (C=O) groups is 3. The first-order valence-corrected chi connectivity index (χ1v) is 17.0. The summed E-state index contributed by atoms with van der Waals surface area (Å²) in [5.74, 6) is -2.67. The summed E-state index contributed by atoms with van der Waals surface area (Å²) < 4.78 is 35.1. The Bertz CT molecular complexity index is 1770. The van der Waals surface area contributed by atoms with E-state index in [2.05, 4.69) is 0 Å². The molecule has 2 aromatic carbocycles. The molecule has 0 aliphatic carbocycles. The second kappa shape index (κ2) is 10.1. The molecule has 2 amide bonds. The largest absolute Gasteiger partial charge is 0.488 e. The van der Waals surface area contributed by atoms with Crippen LogP contribution in [0.3, 0.4) is 0 Å². The van der Waals surface area contributed by atoms with Crippen LogP contribution in [0, 0.1) is 17.3 Å². The minimum absolute atomic E-state index is 0.0369. The van der Waals surface area contributed by atoms with Gasteiger partial charge in [0, 0.05) is 41.9 Å². The Kier molecular flexibility index (Phi) is 6.74. The van der Waals surface area contributed by atoms with Crippen LogP contribution in [0.25, 0.3) is 11.1 Å². The maximum absolute atomic E-state index is 14.1. The SMILES string of the molecule is CC(O)C1C(=O)N2C(C(=O)O)=C(COc3cccc4c3-c3cccc(CC56CC[N+](CC(N)=O)(CC5)CC6)c3S4(=O)=O)[C@H](C)C12. The number of ether oxygens (including phenoxy) is 1. The molecule has 4 N–H and O–H groups in total. The van der Waals surface area contributed by atoms with Crippen molar-refractivity contribution in [3.8, 4) is 16.9 Å². The van der Waals surface area contributed by atoms with Gasteiger partial charge in [-0.3, -0.25) is 9.59 Å². The molecule has 238 valence electrons. The Balaban J connectivity index is 1.19. The summed E-state index contributed by atoms with van der Waals surface area (Å²) in [4.78, 5) is 38.4. The highest BCUT2D eigenvalue weighted by atomic mass is 32.2. The van der Waals surface area contributed by atoms with Crippen molar-refractivity contribution >= 4 is 27.6 Å². The maximum Gasteiger partial charge on any atom is 0.352 e. The Hall–Kier alpha value is -3.74. The van der Waals surface area contributed by atoms with E-state index in [-0.39, 0.29) is 34.4 Å². The molecule has 0 radical (unpaired) electrons. The summed E-state index contributed by atoms with van der Waals surface area (Å²) in [5.41, 5.74) is 7.60. The van der Waals surface area contributed by atoms with Crippen LogP contribution in [0.2, 0.25) is 0 Å². The zero-order valence-corrected chi connectivity index (χ0v) is 26.2. The first-order valence-electron chi connectivity index (χ1n) is 15.5. The summed E-state index contributed by atoms with van der Waals surface area (Å²) in [6.45, 7) is 6.13. The van der Waals surface area contributed by atoms with Gasteiger partial charge in [-0.2, -0.15) is 0 Å². The number of aliphatic hydroxyl groups excluding tert-OH is 1. The number of amides is 2. The second-order valence-electron chi connectivity index (χ2n) is 13.7. The first-order chi connectivity index (χ1) is 21.3. The van der Waals surface area contributed by atoms with Crippen molar-refractivity contribution in [1.29, 1.82) is 0 Å². The predicted octanol–water partition coefficient (Wildman–Crippen LogP) is 2.10. The lowest BCUT2D eigenvalue weighted by Crippen LogP contribution is -2.64. The zero-order chi connectivity index (χ0) is 32.1. The summed E-state index contributed by atoms with van der Waals surface area (Å²) in [6, 6.07) is 9.99. The highest BCUT2D eigenvalue weighted by Crippen LogP contribution is 2.53. The maximum atomic E-state index is 14.1. The topological polar surface area (TPSA) is 164 Å². The monoisotopic (exact) mass is 636 g/mol. The average molecular weight is 637 g/mol. The molecule has 6 aliphatic heterocycles. The quantitative estimate of drug-likeness (QED) is 0.237. The van der Waals surface area contributed by atoms with E-state index in [1.807, 2.05) is 19.1 Å². The molecule has 12 heteroatoms. The van der Waals surface area contributed by atoms with Gasteiger partial charge in [0.25, 0.3) is 5.91 Å². The van der Waals surface area contributed by atoms with E-state index < -0.39 is 39.8 Å². The van der Waals surface area contributed by atoms with Gasteiger partial charge in [-0.25, -0.2) is 13.2 Å². The predicted molar refractivity (Wildman–Crippen MR) is 161 cm³/mol. The Morgan fingerprint density at radius 1 is 1.13 bits per heavy atom. The lowest BCUT2D eigenvalue weighted by atomic mass is 9.67. The third-order valence-electron chi connectivity index (χ3n) is 11.2. The van der Waals surface area contributed by atoms with Crippen LogP contribution in [-0.4, -0.2) is 90.7 Å². The fourth-order valence-corrected chi connectivity index (χ4v) is 10.7.